The zero-order chi connectivity index (χ0) is 13.7. The molecule has 0 radical (unpaired) electrons. The van der Waals surface area contributed by atoms with E-state index in [1.165, 1.54) is 0 Å². The van der Waals surface area contributed by atoms with Crippen molar-refractivity contribution in [2.24, 2.45) is 11.8 Å². The first-order valence-corrected chi connectivity index (χ1v) is 7.29. The molecule has 2 fully saturated rings. The summed E-state index contributed by atoms with van der Waals surface area (Å²) < 4.78 is 5.31. The molecular formula is C14H23NO4. The highest BCUT2D eigenvalue weighted by Crippen LogP contribution is 2.24. The molecule has 1 saturated heterocycles. The van der Waals surface area contributed by atoms with Crippen LogP contribution in [0.4, 0.5) is 0 Å². The second kappa shape index (κ2) is 6.89. The lowest BCUT2D eigenvalue weighted by atomic mass is 9.93. The zero-order valence-corrected chi connectivity index (χ0v) is 11.3. The van der Waals surface area contributed by atoms with Gasteiger partial charge in [-0.25, -0.2) is 0 Å². The van der Waals surface area contributed by atoms with Gasteiger partial charge in [-0.15, -0.1) is 0 Å². The summed E-state index contributed by atoms with van der Waals surface area (Å²) in [6, 6.07) is -0.213. The first-order chi connectivity index (χ1) is 9.18. The van der Waals surface area contributed by atoms with Gasteiger partial charge in [-0.3, -0.25) is 9.59 Å². The summed E-state index contributed by atoms with van der Waals surface area (Å²) in [5.41, 5.74) is 0. The Morgan fingerprint density at radius 3 is 2.53 bits per heavy atom. The number of hydrogen-bond acceptors (Lipinski definition) is 3. The average molecular weight is 269 g/mol. The van der Waals surface area contributed by atoms with Crippen molar-refractivity contribution in [3.05, 3.63) is 0 Å². The standard InChI is InChI=1S/C14H23NO4/c16-13(10-5-4-8-19-9-10)15-12-7-3-1-2-6-11(12)14(17)18/h10-12H,1-9H2,(H,15,16)(H,17,18)/t10?,11-,12+/m1/s1. The number of ether oxygens (including phenoxy) is 1. The van der Waals surface area contributed by atoms with Gasteiger partial charge in [0.2, 0.25) is 5.91 Å². The minimum absolute atomic E-state index is 0.0298. The summed E-state index contributed by atoms with van der Waals surface area (Å²) in [4.78, 5) is 23.5. The van der Waals surface area contributed by atoms with Gasteiger partial charge in [0.05, 0.1) is 18.4 Å². The Balaban J connectivity index is 1.93. The van der Waals surface area contributed by atoms with Crippen LogP contribution >= 0.6 is 0 Å². The predicted octanol–water partition coefficient (Wildman–Crippen LogP) is 1.56. The van der Waals surface area contributed by atoms with E-state index in [9.17, 15) is 14.7 Å². The van der Waals surface area contributed by atoms with E-state index < -0.39 is 11.9 Å². The van der Waals surface area contributed by atoms with Crippen molar-refractivity contribution in [1.29, 1.82) is 0 Å². The molecule has 1 aliphatic heterocycles. The summed E-state index contributed by atoms with van der Waals surface area (Å²) in [5, 5.41) is 12.2. The summed E-state index contributed by atoms with van der Waals surface area (Å²) in [7, 11) is 0. The lowest BCUT2D eigenvalue weighted by Crippen LogP contribution is -2.46. The third-order valence-corrected chi connectivity index (χ3v) is 4.19. The van der Waals surface area contributed by atoms with Crippen LogP contribution in [0.3, 0.4) is 0 Å². The van der Waals surface area contributed by atoms with E-state index in [-0.39, 0.29) is 17.9 Å². The van der Waals surface area contributed by atoms with Crippen molar-refractivity contribution in [3.8, 4) is 0 Å². The van der Waals surface area contributed by atoms with Crippen molar-refractivity contribution in [2.75, 3.05) is 13.2 Å². The number of hydrogen-bond donors (Lipinski definition) is 2. The van der Waals surface area contributed by atoms with Crippen molar-refractivity contribution in [2.45, 2.75) is 51.0 Å². The Morgan fingerprint density at radius 1 is 1.05 bits per heavy atom. The van der Waals surface area contributed by atoms with Gasteiger partial charge < -0.3 is 15.2 Å². The Morgan fingerprint density at radius 2 is 1.84 bits per heavy atom. The highest BCUT2D eigenvalue weighted by Gasteiger charge is 2.32. The van der Waals surface area contributed by atoms with Gasteiger partial charge in [0.1, 0.15) is 0 Å². The summed E-state index contributed by atoms with van der Waals surface area (Å²) >= 11 is 0. The Kier molecular flexibility index (Phi) is 5.19. The van der Waals surface area contributed by atoms with E-state index in [1.54, 1.807) is 0 Å². The normalized spacial score (nSPS) is 32.3. The van der Waals surface area contributed by atoms with Crippen LogP contribution in [0.25, 0.3) is 0 Å². The molecule has 0 aromatic carbocycles. The van der Waals surface area contributed by atoms with E-state index in [0.717, 1.165) is 45.1 Å². The molecule has 19 heavy (non-hydrogen) atoms. The van der Waals surface area contributed by atoms with Crippen LogP contribution in [-0.2, 0) is 14.3 Å². The fourth-order valence-corrected chi connectivity index (χ4v) is 3.02. The largest absolute Gasteiger partial charge is 0.481 e. The Hall–Kier alpha value is -1.10. The minimum Gasteiger partial charge on any atom is -0.481 e. The second-order valence-corrected chi connectivity index (χ2v) is 5.61. The molecule has 5 nitrogen and oxygen atoms in total. The molecular weight excluding hydrogens is 246 g/mol. The average Bonchev–Trinajstić information content (AvgIpc) is 2.65. The zero-order valence-electron chi connectivity index (χ0n) is 11.3. The number of carboxylic acids is 1. The molecule has 0 spiro atoms. The smallest absolute Gasteiger partial charge is 0.308 e. The number of aliphatic carboxylic acids is 1. The fourth-order valence-electron chi connectivity index (χ4n) is 3.02. The Bertz CT molecular complexity index is 325. The summed E-state index contributed by atoms with van der Waals surface area (Å²) in [5.74, 6) is -1.35. The maximum Gasteiger partial charge on any atom is 0.308 e. The van der Waals surface area contributed by atoms with E-state index in [2.05, 4.69) is 5.32 Å². The van der Waals surface area contributed by atoms with Gasteiger partial charge in [-0.2, -0.15) is 0 Å². The minimum atomic E-state index is -0.785. The number of amides is 1. The molecule has 1 unspecified atom stereocenters. The summed E-state index contributed by atoms with van der Waals surface area (Å²) in [6.07, 6.45) is 6.19. The molecule has 2 aliphatic rings. The van der Waals surface area contributed by atoms with Crippen molar-refractivity contribution in [1.82, 2.24) is 5.32 Å². The molecule has 0 aromatic rings. The number of carbonyl (C=O) groups excluding carboxylic acids is 1. The van der Waals surface area contributed by atoms with Crippen LogP contribution in [0.15, 0.2) is 0 Å². The van der Waals surface area contributed by atoms with E-state index in [4.69, 9.17) is 4.74 Å². The lowest BCUT2D eigenvalue weighted by Gasteiger charge is -2.27. The number of carboxylic acid groups (broad SMARTS) is 1. The van der Waals surface area contributed by atoms with E-state index >= 15 is 0 Å². The quantitative estimate of drug-likeness (QED) is 0.762. The molecule has 1 amide bonds. The SMILES string of the molecule is O=C(N[C@H]1CCCCC[C@H]1C(=O)O)C1CCCOC1. The van der Waals surface area contributed by atoms with Crippen LogP contribution in [0.1, 0.15) is 44.9 Å². The van der Waals surface area contributed by atoms with Crippen LogP contribution < -0.4 is 5.32 Å². The highest BCUT2D eigenvalue weighted by atomic mass is 16.5. The van der Waals surface area contributed by atoms with Crippen LogP contribution in [0.2, 0.25) is 0 Å². The number of carbonyl (C=O) groups is 2. The third kappa shape index (κ3) is 3.93. The molecule has 0 bridgehead atoms. The monoisotopic (exact) mass is 269 g/mol. The summed E-state index contributed by atoms with van der Waals surface area (Å²) in [6.45, 7) is 1.20. The topological polar surface area (TPSA) is 75.6 Å². The fraction of sp³-hybridized carbons (Fsp3) is 0.857. The first-order valence-electron chi connectivity index (χ1n) is 7.29. The lowest BCUT2D eigenvalue weighted by molar-refractivity contribution is -0.143. The number of rotatable bonds is 3. The molecule has 1 heterocycles. The Labute approximate surface area is 113 Å². The van der Waals surface area contributed by atoms with Crippen LogP contribution in [0, 0.1) is 11.8 Å². The maximum absolute atomic E-state index is 12.2. The van der Waals surface area contributed by atoms with Gasteiger partial charge in [0.25, 0.3) is 0 Å². The third-order valence-electron chi connectivity index (χ3n) is 4.19. The number of nitrogens with one attached hydrogen (secondary N) is 1. The molecule has 5 heteroatoms. The highest BCUT2D eigenvalue weighted by molar-refractivity contribution is 5.80. The van der Waals surface area contributed by atoms with Crippen molar-refractivity contribution in [3.63, 3.8) is 0 Å². The van der Waals surface area contributed by atoms with E-state index in [1.807, 2.05) is 0 Å². The van der Waals surface area contributed by atoms with Gasteiger partial charge in [0.15, 0.2) is 0 Å². The molecule has 0 aromatic heterocycles. The molecule has 2 N–H and O–H groups in total. The van der Waals surface area contributed by atoms with Crippen molar-refractivity contribution >= 4 is 11.9 Å². The van der Waals surface area contributed by atoms with Crippen LogP contribution in [0.5, 0.6) is 0 Å². The van der Waals surface area contributed by atoms with E-state index in [0.29, 0.717) is 13.0 Å². The first kappa shape index (κ1) is 14.3. The van der Waals surface area contributed by atoms with Gasteiger partial charge in [0, 0.05) is 12.6 Å². The van der Waals surface area contributed by atoms with Crippen molar-refractivity contribution < 1.29 is 19.4 Å². The molecule has 3 atom stereocenters. The second-order valence-electron chi connectivity index (χ2n) is 5.61. The molecule has 2 rings (SSSR count). The predicted molar refractivity (Wildman–Crippen MR) is 69.7 cm³/mol. The van der Waals surface area contributed by atoms with Gasteiger partial charge in [-0.1, -0.05) is 19.3 Å². The van der Waals surface area contributed by atoms with Crippen LogP contribution in [-0.4, -0.2) is 36.2 Å². The van der Waals surface area contributed by atoms with Gasteiger partial charge in [-0.05, 0) is 25.7 Å². The molecule has 1 aliphatic carbocycles. The van der Waals surface area contributed by atoms with Gasteiger partial charge >= 0.3 is 5.97 Å². The molecule has 108 valence electrons. The molecule has 1 saturated carbocycles. The maximum atomic E-state index is 12.2.